The molecule has 8 nitrogen and oxygen atoms in total. The zero-order valence-corrected chi connectivity index (χ0v) is 18.8. The van der Waals surface area contributed by atoms with E-state index in [1.807, 2.05) is 19.9 Å². The quantitative estimate of drug-likeness (QED) is 0.696. The number of fused-ring (bicyclic) bond motifs is 1. The molecule has 0 N–H and O–H groups in total. The molecular weight excluding hydrogens is 418 g/mol. The number of para-hydroxylation sites is 1. The molecule has 2 atom stereocenters. The van der Waals surface area contributed by atoms with E-state index in [1.165, 1.54) is 6.20 Å². The van der Waals surface area contributed by atoms with Crippen LogP contribution >= 0.6 is 0 Å². The van der Waals surface area contributed by atoms with Gasteiger partial charge in [-0.25, -0.2) is 8.42 Å². The Balaban J connectivity index is 1.60. The van der Waals surface area contributed by atoms with Crippen LogP contribution in [0.2, 0.25) is 0 Å². The maximum atomic E-state index is 13.1. The summed E-state index contributed by atoms with van der Waals surface area (Å²) in [6.07, 6.45) is 3.24. The monoisotopic (exact) mass is 447 g/mol. The van der Waals surface area contributed by atoms with Crippen molar-refractivity contribution in [2.24, 2.45) is 0 Å². The summed E-state index contributed by atoms with van der Waals surface area (Å²) in [7, 11) is -3.84. The molecular formula is C22H29N3O5S. The van der Waals surface area contributed by atoms with Gasteiger partial charge in [-0.2, -0.15) is 0 Å². The average Bonchev–Trinajstić information content (AvgIpc) is 3.36. The number of ether oxygens (including phenoxy) is 1. The van der Waals surface area contributed by atoms with Gasteiger partial charge in [-0.05, 0) is 32.8 Å². The molecule has 2 aliphatic heterocycles. The summed E-state index contributed by atoms with van der Waals surface area (Å²) in [5.41, 5.74) is 0.664. The van der Waals surface area contributed by atoms with Gasteiger partial charge in [0.2, 0.25) is 11.8 Å². The third-order valence-electron chi connectivity index (χ3n) is 5.94. The Morgan fingerprint density at radius 2 is 1.65 bits per heavy atom. The Kier molecular flexibility index (Phi) is 6.07. The molecule has 1 aromatic carbocycles. The Morgan fingerprint density at radius 1 is 1.00 bits per heavy atom. The van der Waals surface area contributed by atoms with Gasteiger partial charge in [0.05, 0.1) is 17.1 Å². The number of hydrogen-bond donors (Lipinski definition) is 0. The van der Waals surface area contributed by atoms with Crippen LogP contribution in [0.15, 0.2) is 35.4 Å². The molecule has 2 unspecified atom stereocenters. The van der Waals surface area contributed by atoms with Gasteiger partial charge in [-0.15, -0.1) is 0 Å². The summed E-state index contributed by atoms with van der Waals surface area (Å²) in [6.45, 7) is 6.15. The van der Waals surface area contributed by atoms with Crippen LogP contribution in [-0.4, -0.2) is 78.7 Å². The van der Waals surface area contributed by atoms with E-state index < -0.39 is 15.6 Å². The van der Waals surface area contributed by atoms with Gasteiger partial charge in [0.25, 0.3) is 0 Å². The summed E-state index contributed by atoms with van der Waals surface area (Å²) in [4.78, 5) is 28.9. The van der Waals surface area contributed by atoms with Crippen LogP contribution in [0, 0.1) is 0 Å². The molecule has 31 heavy (non-hydrogen) atoms. The van der Waals surface area contributed by atoms with E-state index in [4.69, 9.17) is 4.74 Å². The number of amides is 2. The van der Waals surface area contributed by atoms with Crippen LogP contribution < -0.4 is 0 Å². The number of benzene rings is 1. The van der Waals surface area contributed by atoms with Gasteiger partial charge in [0, 0.05) is 43.3 Å². The molecule has 3 heterocycles. The molecule has 2 fully saturated rings. The van der Waals surface area contributed by atoms with Crippen LogP contribution in [0.25, 0.3) is 10.9 Å². The summed E-state index contributed by atoms with van der Waals surface area (Å²) in [6, 6.07) is 7.10. The highest BCUT2D eigenvalue weighted by atomic mass is 32.2. The Bertz CT molecular complexity index is 1080. The van der Waals surface area contributed by atoms with E-state index in [0.29, 0.717) is 37.1 Å². The van der Waals surface area contributed by atoms with E-state index in [9.17, 15) is 18.0 Å². The first-order chi connectivity index (χ1) is 14.7. The van der Waals surface area contributed by atoms with Crippen LogP contribution in [0.4, 0.5) is 0 Å². The number of morpholine rings is 1. The highest BCUT2D eigenvalue weighted by Gasteiger charge is 2.30. The SMILES string of the molecule is CC1CN(C(=O)Cn2cc(S(=O)(=O)CC(=O)N3CCCC3)c3ccccc32)CC(C)O1. The fourth-order valence-corrected chi connectivity index (χ4v) is 5.98. The highest BCUT2D eigenvalue weighted by Crippen LogP contribution is 2.27. The Morgan fingerprint density at radius 3 is 2.32 bits per heavy atom. The van der Waals surface area contributed by atoms with E-state index in [2.05, 4.69) is 0 Å². The summed E-state index contributed by atoms with van der Waals surface area (Å²) in [5.74, 6) is -0.991. The predicted octanol–water partition coefficient (Wildman–Crippen LogP) is 1.67. The van der Waals surface area contributed by atoms with Crippen LogP contribution in [0.5, 0.6) is 0 Å². The normalized spacial score (nSPS) is 22.3. The molecule has 2 aromatic rings. The number of aromatic nitrogens is 1. The van der Waals surface area contributed by atoms with Gasteiger partial charge in [0.1, 0.15) is 12.3 Å². The average molecular weight is 448 g/mol. The second-order valence-corrected chi connectivity index (χ2v) is 10.5. The van der Waals surface area contributed by atoms with Crippen molar-refractivity contribution in [3.63, 3.8) is 0 Å². The van der Waals surface area contributed by atoms with Crippen molar-refractivity contribution in [1.82, 2.24) is 14.4 Å². The van der Waals surface area contributed by atoms with Gasteiger partial charge >= 0.3 is 0 Å². The molecule has 2 amide bonds. The fourth-order valence-electron chi connectivity index (χ4n) is 4.52. The summed E-state index contributed by atoms with van der Waals surface area (Å²) in [5, 5.41) is 0.535. The first-order valence-electron chi connectivity index (χ1n) is 10.8. The minimum Gasteiger partial charge on any atom is -0.372 e. The second-order valence-electron chi connectivity index (χ2n) is 8.54. The largest absolute Gasteiger partial charge is 0.372 e. The lowest BCUT2D eigenvalue weighted by Gasteiger charge is -2.35. The lowest BCUT2D eigenvalue weighted by atomic mass is 10.2. The highest BCUT2D eigenvalue weighted by molar-refractivity contribution is 7.92. The first kappa shape index (κ1) is 21.8. The number of hydrogen-bond acceptors (Lipinski definition) is 5. The van der Waals surface area contributed by atoms with Gasteiger partial charge < -0.3 is 19.1 Å². The third-order valence-corrected chi connectivity index (χ3v) is 7.56. The molecule has 0 aliphatic carbocycles. The van der Waals surface area contributed by atoms with Crippen molar-refractivity contribution < 1.29 is 22.7 Å². The molecule has 0 radical (unpaired) electrons. The van der Waals surface area contributed by atoms with Gasteiger partial charge in [0.15, 0.2) is 9.84 Å². The van der Waals surface area contributed by atoms with E-state index >= 15 is 0 Å². The van der Waals surface area contributed by atoms with Crippen molar-refractivity contribution in [2.75, 3.05) is 31.9 Å². The number of likely N-dealkylation sites (tertiary alicyclic amines) is 1. The Hall–Kier alpha value is -2.39. The summed E-state index contributed by atoms with van der Waals surface area (Å²) < 4.78 is 33.6. The molecule has 0 bridgehead atoms. The van der Waals surface area contributed by atoms with Crippen molar-refractivity contribution in [3.8, 4) is 0 Å². The number of carbonyl (C=O) groups excluding carboxylic acids is 2. The zero-order valence-electron chi connectivity index (χ0n) is 18.0. The van der Waals surface area contributed by atoms with Crippen molar-refractivity contribution in [2.45, 2.75) is 50.3 Å². The molecule has 0 spiro atoms. The molecule has 168 valence electrons. The number of nitrogens with zero attached hydrogens (tertiary/aromatic N) is 3. The van der Waals surface area contributed by atoms with E-state index in [1.54, 1.807) is 32.6 Å². The molecule has 4 rings (SSSR count). The van der Waals surface area contributed by atoms with Crippen molar-refractivity contribution in [3.05, 3.63) is 30.5 Å². The summed E-state index contributed by atoms with van der Waals surface area (Å²) >= 11 is 0. The molecule has 0 saturated carbocycles. The zero-order chi connectivity index (χ0) is 22.2. The van der Waals surface area contributed by atoms with Crippen LogP contribution in [0.1, 0.15) is 26.7 Å². The molecule has 9 heteroatoms. The van der Waals surface area contributed by atoms with E-state index in [-0.39, 0.29) is 35.5 Å². The van der Waals surface area contributed by atoms with Crippen LogP contribution in [-0.2, 0) is 30.7 Å². The number of carbonyl (C=O) groups is 2. The number of sulfone groups is 1. The Labute approximate surface area is 182 Å². The van der Waals surface area contributed by atoms with Crippen LogP contribution in [0.3, 0.4) is 0 Å². The standard InChI is InChI=1S/C22H29N3O5S/c1-16-11-25(12-17(2)30-16)21(26)14-24-13-20(18-7-3-4-8-19(18)24)31(28,29)15-22(27)23-9-5-6-10-23/h3-4,7-8,13,16-17H,5-6,9-12,14-15H2,1-2H3. The minimum atomic E-state index is -3.84. The predicted molar refractivity (Wildman–Crippen MR) is 116 cm³/mol. The lowest BCUT2D eigenvalue weighted by molar-refractivity contribution is -0.143. The van der Waals surface area contributed by atoms with Crippen molar-refractivity contribution in [1.29, 1.82) is 0 Å². The second kappa shape index (κ2) is 8.63. The molecule has 2 saturated heterocycles. The lowest BCUT2D eigenvalue weighted by Crippen LogP contribution is -2.49. The topological polar surface area (TPSA) is 88.9 Å². The minimum absolute atomic E-state index is 0.0372. The smallest absolute Gasteiger partial charge is 0.242 e. The molecule has 1 aromatic heterocycles. The van der Waals surface area contributed by atoms with Gasteiger partial charge in [-0.1, -0.05) is 18.2 Å². The van der Waals surface area contributed by atoms with E-state index in [0.717, 1.165) is 12.8 Å². The third kappa shape index (κ3) is 4.62. The maximum Gasteiger partial charge on any atom is 0.242 e. The first-order valence-corrected chi connectivity index (χ1v) is 12.4. The van der Waals surface area contributed by atoms with Gasteiger partial charge in [-0.3, -0.25) is 9.59 Å². The maximum absolute atomic E-state index is 13.1. The number of rotatable bonds is 5. The van der Waals surface area contributed by atoms with Crippen molar-refractivity contribution >= 4 is 32.6 Å². The molecule has 2 aliphatic rings. The fraction of sp³-hybridized carbons (Fsp3) is 0.545.